The fraction of sp³-hybridized carbons (Fsp3) is 0.364. The van der Waals surface area contributed by atoms with E-state index in [0.29, 0.717) is 28.2 Å². The molecule has 9 heteroatoms. The molecule has 0 spiro atoms. The highest BCUT2D eigenvalue weighted by atomic mass is 35.5. The van der Waals surface area contributed by atoms with Crippen LogP contribution in [0.4, 0.5) is 11.5 Å². The molecule has 1 unspecified atom stereocenters. The largest absolute Gasteiger partial charge is 0.384 e. The van der Waals surface area contributed by atoms with Crippen LogP contribution in [0.3, 0.4) is 0 Å². The lowest BCUT2D eigenvalue weighted by molar-refractivity contribution is -0.129. The Morgan fingerprint density at radius 2 is 2.10 bits per heavy atom. The molecule has 0 radical (unpaired) electrons. The minimum absolute atomic E-state index is 0.0180. The number of halogens is 1. The number of anilines is 1. The van der Waals surface area contributed by atoms with Crippen molar-refractivity contribution >= 4 is 52.4 Å². The van der Waals surface area contributed by atoms with Gasteiger partial charge in [-0.05, 0) is 68.1 Å². The Bertz CT molecular complexity index is 978. The maximum atomic E-state index is 13.4. The Kier molecular flexibility index (Phi) is 7.92. The summed E-state index contributed by atoms with van der Waals surface area (Å²) < 4.78 is 0. The van der Waals surface area contributed by atoms with Crippen molar-refractivity contribution in [2.24, 2.45) is 4.99 Å². The van der Waals surface area contributed by atoms with Gasteiger partial charge in [-0.3, -0.25) is 14.5 Å². The van der Waals surface area contributed by atoms with Gasteiger partial charge in [0.25, 0.3) is 0 Å². The lowest BCUT2D eigenvalue weighted by atomic mass is 10.1. The summed E-state index contributed by atoms with van der Waals surface area (Å²) in [5, 5.41) is 0.461. The van der Waals surface area contributed by atoms with Crippen molar-refractivity contribution in [2.75, 3.05) is 25.4 Å². The number of hydrogen-bond donors (Lipinski definition) is 1. The van der Waals surface area contributed by atoms with E-state index in [1.54, 1.807) is 30.5 Å². The van der Waals surface area contributed by atoms with E-state index >= 15 is 0 Å². The van der Waals surface area contributed by atoms with E-state index in [2.05, 4.69) is 4.98 Å². The van der Waals surface area contributed by atoms with Gasteiger partial charge in [0.2, 0.25) is 12.3 Å². The van der Waals surface area contributed by atoms with Crippen LogP contribution in [-0.4, -0.2) is 51.9 Å². The summed E-state index contributed by atoms with van der Waals surface area (Å²) in [7, 11) is 0. The zero-order chi connectivity index (χ0) is 22.4. The molecule has 0 aliphatic carbocycles. The highest BCUT2D eigenvalue weighted by Gasteiger charge is 2.31. The highest BCUT2D eigenvalue weighted by Crippen LogP contribution is 2.36. The standard InChI is InChI=1S/C22H26ClN5O2S/c1-3-27(14-29)22(26-18-7-6-17(23)12-15(18)2)31-20(16-8-9-25-19(24)13-16)21(30)28-10-4-5-11-28/h6-9,12-14,20H,3-5,10-11H2,1-2H3,(H2,24,25). The minimum atomic E-state index is -0.594. The second-order valence-electron chi connectivity index (χ2n) is 7.26. The number of aromatic nitrogens is 1. The number of pyridine rings is 1. The van der Waals surface area contributed by atoms with Crippen molar-refractivity contribution in [3.05, 3.63) is 52.7 Å². The Balaban J connectivity index is 2.03. The molecule has 2 aromatic rings. The van der Waals surface area contributed by atoms with Crippen LogP contribution in [0, 0.1) is 6.92 Å². The first-order chi connectivity index (χ1) is 14.9. The molecular weight excluding hydrogens is 434 g/mol. The first-order valence-electron chi connectivity index (χ1n) is 10.2. The number of likely N-dealkylation sites (tertiary alicyclic amines) is 1. The predicted molar refractivity (Wildman–Crippen MR) is 127 cm³/mol. The number of nitrogens with two attached hydrogens (primary N) is 1. The Morgan fingerprint density at radius 1 is 1.35 bits per heavy atom. The number of amides is 2. The molecule has 0 saturated carbocycles. The Hall–Kier alpha value is -2.58. The van der Waals surface area contributed by atoms with E-state index in [0.717, 1.165) is 43.5 Å². The number of amidine groups is 1. The molecule has 0 bridgehead atoms. The van der Waals surface area contributed by atoms with E-state index in [1.807, 2.05) is 24.8 Å². The number of nitrogen functional groups attached to an aromatic ring is 1. The van der Waals surface area contributed by atoms with Crippen molar-refractivity contribution in [1.82, 2.24) is 14.8 Å². The number of benzene rings is 1. The number of carbonyl (C=O) groups is 2. The van der Waals surface area contributed by atoms with Crippen LogP contribution < -0.4 is 5.73 Å². The third kappa shape index (κ3) is 5.77. The monoisotopic (exact) mass is 459 g/mol. The molecule has 3 rings (SSSR count). The van der Waals surface area contributed by atoms with Crippen molar-refractivity contribution in [3.8, 4) is 0 Å². The van der Waals surface area contributed by atoms with Gasteiger partial charge in [-0.2, -0.15) is 0 Å². The summed E-state index contributed by atoms with van der Waals surface area (Å²) >= 11 is 7.32. The topological polar surface area (TPSA) is 91.9 Å². The SMILES string of the molecule is CCN(C=O)C(=Nc1ccc(Cl)cc1C)SC(C(=O)N1CCCC1)c1ccnc(N)c1. The highest BCUT2D eigenvalue weighted by molar-refractivity contribution is 8.14. The van der Waals surface area contributed by atoms with Gasteiger partial charge in [0, 0.05) is 30.9 Å². The molecule has 1 aliphatic rings. The number of thioether (sulfide) groups is 1. The molecule has 2 N–H and O–H groups in total. The van der Waals surface area contributed by atoms with Crippen molar-refractivity contribution in [3.63, 3.8) is 0 Å². The number of carbonyl (C=O) groups excluding carboxylic acids is 2. The number of hydrogen-bond acceptors (Lipinski definition) is 6. The molecular formula is C22H26ClN5O2S. The number of aliphatic imine (C=N–C) groups is 1. The van der Waals surface area contributed by atoms with E-state index in [1.165, 1.54) is 16.7 Å². The predicted octanol–water partition coefficient (Wildman–Crippen LogP) is 4.19. The lowest BCUT2D eigenvalue weighted by Gasteiger charge is -2.26. The van der Waals surface area contributed by atoms with E-state index in [-0.39, 0.29) is 5.91 Å². The summed E-state index contributed by atoms with van der Waals surface area (Å²) in [6.45, 7) is 5.64. The third-order valence-electron chi connectivity index (χ3n) is 5.06. The zero-order valence-corrected chi connectivity index (χ0v) is 19.2. The van der Waals surface area contributed by atoms with Gasteiger partial charge in [0.15, 0.2) is 5.17 Å². The fourth-order valence-corrected chi connectivity index (χ4v) is 4.79. The van der Waals surface area contributed by atoms with Crippen molar-refractivity contribution < 1.29 is 9.59 Å². The molecule has 1 fully saturated rings. The van der Waals surface area contributed by atoms with E-state index in [9.17, 15) is 9.59 Å². The molecule has 1 aliphatic heterocycles. The summed E-state index contributed by atoms with van der Waals surface area (Å²) in [4.78, 5) is 37.3. The first-order valence-corrected chi connectivity index (χ1v) is 11.4. The number of aryl methyl sites for hydroxylation is 1. The van der Waals surface area contributed by atoms with Crippen LogP contribution in [0.1, 0.15) is 36.1 Å². The second-order valence-corrected chi connectivity index (χ2v) is 8.77. The van der Waals surface area contributed by atoms with Gasteiger partial charge < -0.3 is 10.6 Å². The maximum absolute atomic E-state index is 13.4. The molecule has 31 heavy (non-hydrogen) atoms. The second kappa shape index (κ2) is 10.6. The van der Waals surface area contributed by atoms with Crippen LogP contribution >= 0.6 is 23.4 Å². The van der Waals surface area contributed by atoms with Crippen molar-refractivity contribution in [2.45, 2.75) is 31.9 Å². The molecule has 7 nitrogen and oxygen atoms in total. The normalized spacial score (nSPS) is 15.1. The summed E-state index contributed by atoms with van der Waals surface area (Å²) in [6.07, 6.45) is 4.30. The smallest absolute Gasteiger partial charge is 0.240 e. The average Bonchev–Trinajstić information content (AvgIpc) is 3.29. The number of rotatable bonds is 6. The van der Waals surface area contributed by atoms with E-state index in [4.69, 9.17) is 22.3 Å². The van der Waals surface area contributed by atoms with Crippen LogP contribution in [0.15, 0.2) is 41.5 Å². The summed E-state index contributed by atoms with van der Waals surface area (Å²) in [5.74, 6) is 0.322. The van der Waals surface area contributed by atoms with Gasteiger partial charge >= 0.3 is 0 Å². The number of nitrogens with zero attached hydrogens (tertiary/aromatic N) is 4. The Labute approximate surface area is 191 Å². The van der Waals surface area contributed by atoms with Gasteiger partial charge in [-0.15, -0.1) is 0 Å². The van der Waals surface area contributed by atoms with Crippen LogP contribution in [-0.2, 0) is 9.59 Å². The van der Waals surface area contributed by atoms with Gasteiger partial charge in [0.05, 0.1) is 5.69 Å². The third-order valence-corrected chi connectivity index (χ3v) is 6.54. The molecule has 1 saturated heterocycles. The molecule has 1 atom stereocenters. The molecule has 1 aromatic carbocycles. The first kappa shape index (κ1) is 23.1. The van der Waals surface area contributed by atoms with Gasteiger partial charge in [-0.25, -0.2) is 9.98 Å². The molecule has 1 aromatic heterocycles. The van der Waals surface area contributed by atoms with Crippen LogP contribution in [0.5, 0.6) is 0 Å². The van der Waals surface area contributed by atoms with E-state index < -0.39 is 5.25 Å². The van der Waals surface area contributed by atoms with Crippen molar-refractivity contribution in [1.29, 1.82) is 0 Å². The summed E-state index contributed by atoms with van der Waals surface area (Å²) in [6, 6.07) is 8.86. The minimum Gasteiger partial charge on any atom is -0.384 e. The van der Waals surface area contributed by atoms with Gasteiger partial charge in [-0.1, -0.05) is 23.4 Å². The maximum Gasteiger partial charge on any atom is 0.240 e. The molecule has 2 amide bonds. The van der Waals surface area contributed by atoms with Crippen LogP contribution in [0.25, 0.3) is 0 Å². The molecule has 164 valence electrons. The van der Waals surface area contributed by atoms with Crippen LogP contribution in [0.2, 0.25) is 5.02 Å². The fourth-order valence-electron chi connectivity index (χ4n) is 3.36. The molecule has 2 heterocycles. The zero-order valence-electron chi connectivity index (χ0n) is 17.6. The average molecular weight is 460 g/mol. The lowest BCUT2D eigenvalue weighted by Crippen LogP contribution is -2.34. The summed E-state index contributed by atoms with van der Waals surface area (Å²) in [5.41, 5.74) is 8.20. The quantitative estimate of drug-likeness (QED) is 0.397. The van der Waals surface area contributed by atoms with Gasteiger partial charge in [0.1, 0.15) is 11.1 Å². The Morgan fingerprint density at radius 3 is 2.71 bits per heavy atom.